The van der Waals surface area contributed by atoms with Gasteiger partial charge in [-0.25, -0.2) is 0 Å². The molecule has 0 fully saturated rings. The average molecular weight is 313 g/mol. The van der Waals surface area contributed by atoms with Gasteiger partial charge in [0, 0.05) is 25.9 Å². The SMILES string of the molecule is Cc1noc(C)c1CN(C)C(=O)c1cc(-c2cccn2C)n[nH]1. The fraction of sp³-hybridized carbons (Fsp3) is 0.312. The van der Waals surface area contributed by atoms with E-state index in [2.05, 4.69) is 15.4 Å². The highest BCUT2D eigenvalue weighted by molar-refractivity contribution is 5.93. The molecule has 3 aromatic heterocycles. The van der Waals surface area contributed by atoms with Gasteiger partial charge in [0.25, 0.3) is 5.91 Å². The van der Waals surface area contributed by atoms with Gasteiger partial charge in [-0.2, -0.15) is 5.10 Å². The minimum atomic E-state index is -0.127. The molecule has 7 nitrogen and oxygen atoms in total. The second-order valence-electron chi connectivity index (χ2n) is 5.64. The molecule has 1 N–H and O–H groups in total. The first-order valence-corrected chi connectivity index (χ1v) is 7.31. The molecule has 0 bridgehead atoms. The Morgan fingerprint density at radius 1 is 1.43 bits per heavy atom. The van der Waals surface area contributed by atoms with Crippen molar-refractivity contribution in [3.05, 3.63) is 47.1 Å². The molecular weight excluding hydrogens is 294 g/mol. The van der Waals surface area contributed by atoms with Crippen LogP contribution in [0.2, 0.25) is 0 Å². The fourth-order valence-electron chi connectivity index (χ4n) is 2.53. The van der Waals surface area contributed by atoms with Gasteiger partial charge in [-0.3, -0.25) is 9.89 Å². The number of hydrogen-bond acceptors (Lipinski definition) is 4. The number of H-pyrrole nitrogens is 1. The number of carbonyl (C=O) groups excluding carboxylic acids is 1. The summed E-state index contributed by atoms with van der Waals surface area (Å²) in [5, 5.41) is 11.0. The molecule has 0 aromatic carbocycles. The van der Waals surface area contributed by atoms with Crippen LogP contribution in [0.15, 0.2) is 28.9 Å². The molecular formula is C16H19N5O2. The van der Waals surface area contributed by atoms with Crippen LogP contribution in [0.25, 0.3) is 11.4 Å². The summed E-state index contributed by atoms with van der Waals surface area (Å²) in [6.45, 7) is 4.16. The highest BCUT2D eigenvalue weighted by atomic mass is 16.5. The van der Waals surface area contributed by atoms with E-state index in [0.717, 1.165) is 28.4 Å². The summed E-state index contributed by atoms with van der Waals surface area (Å²) in [6.07, 6.45) is 1.94. The van der Waals surface area contributed by atoms with Gasteiger partial charge in [-0.1, -0.05) is 5.16 Å². The van der Waals surface area contributed by atoms with Crippen molar-refractivity contribution < 1.29 is 9.32 Å². The molecule has 0 aliphatic heterocycles. The lowest BCUT2D eigenvalue weighted by Gasteiger charge is -2.15. The van der Waals surface area contributed by atoms with Crippen molar-refractivity contribution in [2.24, 2.45) is 7.05 Å². The smallest absolute Gasteiger partial charge is 0.271 e. The standard InChI is InChI=1S/C16H19N5O2/c1-10-12(11(2)23-19-10)9-21(4)16(22)14-8-13(17-18-14)15-6-5-7-20(15)3/h5-8H,9H2,1-4H3,(H,17,18). The summed E-state index contributed by atoms with van der Waals surface area (Å²) < 4.78 is 7.09. The van der Waals surface area contributed by atoms with Gasteiger partial charge < -0.3 is 14.0 Å². The maximum atomic E-state index is 12.6. The first kappa shape index (κ1) is 15.1. The van der Waals surface area contributed by atoms with E-state index in [-0.39, 0.29) is 5.91 Å². The molecule has 0 unspecified atom stereocenters. The zero-order valence-corrected chi connectivity index (χ0v) is 13.6. The molecule has 0 saturated heterocycles. The minimum Gasteiger partial charge on any atom is -0.361 e. The van der Waals surface area contributed by atoms with E-state index >= 15 is 0 Å². The zero-order valence-electron chi connectivity index (χ0n) is 13.6. The summed E-state index contributed by atoms with van der Waals surface area (Å²) >= 11 is 0. The number of aromatic nitrogens is 4. The van der Waals surface area contributed by atoms with E-state index < -0.39 is 0 Å². The van der Waals surface area contributed by atoms with Crippen molar-refractivity contribution in [2.75, 3.05) is 7.05 Å². The third kappa shape index (κ3) is 2.77. The molecule has 23 heavy (non-hydrogen) atoms. The third-order valence-corrected chi connectivity index (χ3v) is 3.94. The molecule has 0 atom stereocenters. The molecule has 1 amide bonds. The number of carbonyl (C=O) groups is 1. The fourth-order valence-corrected chi connectivity index (χ4v) is 2.53. The molecule has 7 heteroatoms. The Bertz CT molecular complexity index is 823. The maximum Gasteiger partial charge on any atom is 0.271 e. The predicted molar refractivity (Wildman–Crippen MR) is 84.8 cm³/mol. The first-order chi connectivity index (χ1) is 11.0. The van der Waals surface area contributed by atoms with Gasteiger partial charge in [0.15, 0.2) is 0 Å². The van der Waals surface area contributed by atoms with Crippen molar-refractivity contribution in [1.82, 2.24) is 24.8 Å². The summed E-state index contributed by atoms with van der Waals surface area (Å²) in [4.78, 5) is 14.2. The molecule has 3 rings (SSSR count). The van der Waals surface area contributed by atoms with Crippen molar-refractivity contribution in [3.8, 4) is 11.4 Å². The maximum absolute atomic E-state index is 12.6. The summed E-state index contributed by atoms with van der Waals surface area (Å²) in [7, 11) is 3.69. The highest BCUT2D eigenvalue weighted by Crippen LogP contribution is 2.19. The van der Waals surface area contributed by atoms with Crippen LogP contribution in [0.5, 0.6) is 0 Å². The lowest BCUT2D eigenvalue weighted by Crippen LogP contribution is -2.27. The van der Waals surface area contributed by atoms with Crippen molar-refractivity contribution >= 4 is 5.91 Å². The van der Waals surface area contributed by atoms with E-state index in [0.29, 0.717) is 12.2 Å². The normalized spacial score (nSPS) is 11.0. The quantitative estimate of drug-likeness (QED) is 0.801. The van der Waals surface area contributed by atoms with E-state index in [1.807, 2.05) is 43.8 Å². The number of aromatic amines is 1. The molecule has 120 valence electrons. The Balaban J connectivity index is 1.78. The predicted octanol–water partition coefficient (Wildman–Crippen LogP) is 2.29. The Morgan fingerprint density at radius 3 is 2.83 bits per heavy atom. The molecule has 3 aromatic rings. The van der Waals surface area contributed by atoms with Gasteiger partial charge in [-0.05, 0) is 32.0 Å². The Labute approximate surface area is 133 Å². The lowest BCUT2D eigenvalue weighted by molar-refractivity contribution is 0.0778. The van der Waals surface area contributed by atoms with Crippen molar-refractivity contribution in [3.63, 3.8) is 0 Å². The van der Waals surface area contributed by atoms with Crippen molar-refractivity contribution in [1.29, 1.82) is 0 Å². The molecule has 0 radical (unpaired) electrons. The van der Waals surface area contributed by atoms with Gasteiger partial charge in [0.2, 0.25) is 0 Å². The molecule has 3 heterocycles. The van der Waals surface area contributed by atoms with Gasteiger partial charge >= 0.3 is 0 Å². The number of nitrogens with one attached hydrogen (secondary N) is 1. The van der Waals surface area contributed by atoms with Crippen LogP contribution in [0.3, 0.4) is 0 Å². The average Bonchev–Trinajstić information content (AvgIpc) is 3.23. The number of hydrogen-bond donors (Lipinski definition) is 1. The second kappa shape index (κ2) is 5.75. The highest BCUT2D eigenvalue weighted by Gasteiger charge is 2.19. The summed E-state index contributed by atoms with van der Waals surface area (Å²) in [5.74, 6) is 0.606. The number of aryl methyl sites for hydroxylation is 3. The zero-order chi connectivity index (χ0) is 16.6. The van der Waals surface area contributed by atoms with E-state index in [1.165, 1.54) is 0 Å². The van der Waals surface area contributed by atoms with E-state index in [9.17, 15) is 4.79 Å². The monoisotopic (exact) mass is 313 g/mol. The largest absolute Gasteiger partial charge is 0.361 e. The topological polar surface area (TPSA) is 79.9 Å². The molecule has 0 saturated carbocycles. The van der Waals surface area contributed by atoms with Crippen LogP contribution < -0.4 is 0 Å². The first-order valence-electron chi connectivity index (χ1n) is 7.31. The second-order valence-corrected chi connectivity index (χ2v) is 5.64. The van der Waals surface area contributed by atoms with E-state index in [1.54, 1.807) is 18.0 Å². The molecule has 0 aliphatic rings. The Morgan fingerprint density at radius 2 is 2.22 bits per heavy atom. The van der Waals surface area contributed by atoms with Crippen LogP contribution >= 0.6 is 0 Å². The number of nitrogens with zero attached hydrogens (tertiary/aromatic N) is 4. The minimum absolute atomic E-state index is 0.127. The van der Waals surface area contributed by atoms with Gasteiger partial charge in [0.1, 0.15) is 17.1 Å². The van der Waals surface area contributed by atoms with Gasteiger partial charge in [0.05, 0.1) is 17.9 Å². The van der Waals surface area contributed by atoms with Crippen LogP contribution in [0.1, 0.15) is 27.5 Å². The number of rotatable bonds is 4. The Hall–Kier alpha value is -2.83. The number of amides is 1. The van der Waals surface area contributed by atoms with Gasteiger partial charge in [-0.15, -0.1) is 0 Å². The lowest BCUT2D eigenvalue weighted by atomic mass is 10.2. The van der Waals surface area contributed by atoms with Crippen LogP contribution in [0, 0.1) is 13.8 Å². The Kier molecular flexibility index (Phi) is 3.77. The molecule has 0 aliphatic carbocycles. The summed E-state index contributed by atoms with van der Waals surface area (Å²) in [5.41, 5.74) is 3.88. The van der Waals surface area contributed by atoms with E-state index in [4.69, 9.17) is 4.52 Å². The van der Waals surface area contributed by atoms with Crippen LogP contribution in [0.4, 0.5) is 0 Å². The molecule has 0 spiro atoms. The third-order valence-electron chi connectivity index (χ3n) is 3.94. The summed E-state index contributed by atoms with van der Waals surface area (Å²) in [6, 6.07) is 5.66. The van der Waals surface area contributed by atoms with Crippen LogP contribution in [-0.2, 0) is 13.6 Å². The van der Waals surface area contributed by atoms with Crippen LogP contribution in [-0.4, -0.2) is 37.8 Å². The van der Waals surface area contributed by atoms with Crippen molar-refractivity contribution in [2.45, 2.75) is 20.4 Å².